The van der Waals surface area contributed by atoms with E-state index in [0.29, 0.717) is 12.2 Å². The number of unbranched alkanes of at least 4 members (excludes halogenated alkanes) is 1. The van der Waals surface area contributed by atoms with Crippen molar-refractivity contribution in [2.45, 2.75) is 26.0 Å². The highest BCUT2D eigenvalue weighted by Crippen LogP contribution is 2.35. The van der Waals surface area contributed by atoms with E-state index in [1.807, 2.05) is 6.92 Å². The Hall–Kier alpha value is -3.33. The highest BCUT2D eigenvalue weighted by molar-refractivity contribution is 6.29. The lowest BCUT2D eigenvalue weighted by Crippen LogP contribution is -2.35. The third-order valence-electron chi connectivity index (χ3n) is 4.39. The number of fused-ring (bicyclic) bond motifs is 2. The molecule has 2 amide bonds. The zero-order valence-electron chi connectivity index (χ0n) is 15.5. The summed E-state index contributed by atoms with van der Waals surface area (Å²) in [5.74, 6) is -0.211. The molecular formula is C19H17ClN6O3. The van der Waals surface area contributed by atoms with Crippen molar-refractivity contribution in [3.63, 3.8) is 0 Å². The Labute approximate surface area is 171 Å². The molecule has 10 heteroatoms. The molecule has 0 saturated carbocycles. The fourth-order valence-corrected chi connectivity index (χ4v) is 3.12. The molecule has 0 spiro atoms. The first-order valence-electron chi connectivity index (χ1n) is 9.10. The maximum atomic E-state index is 13.0. The standard InChI is InChI=1S/C19H17ClN6O3/c1-2-3-8-23-19(28)29-18-15-14(21-9-10-22-15)17(27)26(18)13-7-5-11-4-6-12(20)24-16(11)25-13/h4-7,9-10,18H,2-3,8H2,1H3,(H,23,28). The number of alkyl carbamates (subject to hydrolysis) is 1. The van der Waals surface area contributed by atoms with Gasteiger partial charge in [-0.2, -0.15) is 0 Å². The Bertz CT molecular complexity index is 1090. The molecule has 1 atom stereocenters. The first kappa shape index (κ1) is 19.0. The second-order valence-electron chi connectivity index (χ2n) is 6.35. The number of anilines is 1. The number of ether oxygens (including phenoxy) is 1. The fourth-order valence-electron chi connectivity index (χ4n) is 2.98. The van der Waals surface area contributed by atoms with Crippen LogP contribution in [0.25, 0.3) is 11.0 Å². The van der Waals surface area contributed by atoms with E-state index in [1.165, 1.54) is 17.3 Å². The number of hydrogen-bond donors (Lipinski definition) is 1. The lowest BCUT2D eigenvalue weighted by atomic mass is 10.3. The Morgan fingerprint density at radius 1 is 1.21 bits per heavy atom. The molecule has 1 N–H and O–H groups in total. The van der Waals surface area contributed by atoms with Gasteiger partial charge in [-0.3, -0.25) is 9.78 Å². The lowest BCUT2D eigenvalue weighted by Gasteiger charge is -2.23. The van der Waals surface area contributed by atoms with E-state index in [2.05, 4.69) is 25.3 Å². The molecular weight excluding hydrogens is 396 g/mol. The van der Waals surface area contributed by atoms with Gasteiger partial charge in [-0.05, 0) is 30.7 Å². The Balaban J connectivity index is 1.70. The van der Waals surface area contributed by atoms with Crippen LogP contribution in [0.4, 0.5) is 10.6 Å². The molecule has 9 nitrogen and oxygen atoms in total. The van der Waals surface area contributed by atoms with Crippen molar-refractivity contribution in [1.29, 1.82) is 0 Å². The highest BCUT2D eigenvalue weighted by Gasteiger charge is 2.43. The van der Waals surface area contributed by atoms with Gasteiger partial charge in [0, 0.05) is 24.3 Å². The molecule has 1 aliphatic rings. The summed E-state index contributed by atoms with van der Waals surface area (Å²) in [6, 6.07) is 6.84. The molecule has 0 saturated heterocycles. The van der Waals surface area contributed by atoms with E-state index < -0.39 is 18.2 Å². The van der Waals surface area contributed by atoms with Crippen molar-refractivity contribution in [3.8, 4) is 0 Å². The van der Waals surface area contributed by atoms with Gasteiger partial charge in [0.2, 0.25) is 6.23 Å². The molecule has 0 bridgehead atoms. The second-order valence-corrected chi connectivity index (χ2v) is 6.74. The van der Waals surface area contributed by atoms with Gasteiger partial charge in [0.05, 0.1) is 0 Å². The minimum atomic E-state index is -1.09. The van der Waals surface area contributed by atoms with Crippen LogP contribution in [0.5, 0.6) is 0 Å². The molecule has 1 unspecified atom stereocenters. The van der Waals surface area contributed by atoms with Crippen LogP contribution in [0.15, 0.2) is 36.7 Å². The molecule has 3 aromatic heterocycles. The number of amides is 2. The monoisotopic (exact) mass is 412 g/mol. The Morgan fingerprint density at radius 3 is 2.83 bits per heavy atom. The van der Waals surface area contributed by atoms with Crippen molar-refractivity contribution in [2.75, 3.05) is 11.4 Å². The topological polar surface area (TPSA) is 110 Å². The van der Waals surface area contributed by atoms with Crippen molar-refractivity contribution in [1.82, 2.24) is 25.3 Å². The molecule has 4 heterocycles. The van der Waals surface area contributed by atoms with Crippen molar-refractivity contribution >= 4 is 40.5 Å². The number of carbonyl (C=O) groups is 2. The summed E-state index contributed by atoms with van der Waals surface area (Å²) in [4.78, 5) is 43.4. The van der Waals surface area contributed by atoms with Gasteiger partial charge in [0.25, 0.3) is 5.91 Å². The molecule has 0 fully saturated rings. The lowest BCUT2D eigenvalue weighted by molar-refractivity contribution is 0.0822. The van der Waals surface area contributed by atoms with E-state index in [0.717, 1.165) is 18.2 Å². The highest BCUT2D eigenvalue weighted by atomic mass is 35.5. The van der Waals surface area contributed by atoms with Crippen LogP contribution in [0.3, 0.4) is 0 Å². The van der Waals surface area contributed by atoms with Crippen molar-refractivity contribution in [3.05, 3.63) is 53.2 Å². The van der Waals surface area contributed by atoms with Crippen LogP contribution in [-0.2, 0) is 4.74 Å². The van der Waals surface area contributed by atoms with E-state index in [1.54, 1.807) is 24.3 Å². The SMILES string of the molecule is CCCCNC(=O)OC1c2nccnc2C(=O)N1c1ccc2ccc(Cl)nc2n1. The van der Waals surface area contributed by atoms with E-state index in [9.17, 15) is 9.59 Å². The van der Waals surface area contributed by atoms with E-state index >= 15 is 0 Å². The fraction of sp³-hybridized carbons (Fsp3) is 0.263. The largest absolute Gasteiger partial charge is 0.419 e. The minimum absolute atomic E-state index is 0.111. The normalized spacial score (nSPS) is 15.4. The van der Waals surface area contributed by atoms with Crippen molar-refractivity contribution in [2.24, 2.45) is 0 Å². The molecule has 4 rings (SSSR count). The summed E-state index contributed by atoms with van der Waals surface area (Å²) in [5.41, 5.74) is 0.731. The Morgan fingerprint density at radius 2 is 2.00 bits per heavy atom. The van der Waals surface area contributed by atoms with Gasteiger partial charge < -0.3 is 10.1 Å². The van der Waals surface area contributed by atoms with Crippen LogP contribution in [0.2, 0.25) is 5.15 Å². The molecule has 0 radical (unpaired) electrons. The smallest absolute Gasteiger partial charge is 0.409 e. The van der Waals surface area contributed by atoms with Gasteiger partial charge in [0.15, 0.2) is 11.3 Å². The van der Waals surface area contributed by atoms with Gasteiger partial charge in [-0.25, -0.2) is 24.6 Å². The van der Waals surface area contributed by atoms with Gasteiger partial charge in [-0.15, -0.1) is 0 Å². The average molecular weight is 413 g/mol. The molecule has 3 aromatic rings. The summed E-state index contributed by atoms with van der Waals surface area (Å²) in [5, 5.41) is 3.71. The van der Waals surface area contributed by atoms with Crippen LogP contribution in [-0.4, -0.2) is 38.5 Å². The molecule has 148 valence electrons. The number of halogens is 1. The predicted octanol–water partition coefficient (Wildman–Crippen LogP) is 3.26. The third kappa shape index (κ3) is 3.68. The van der Waals surface area contributed by atoms with Crippen LogP contribution < -0.4 is 10.2 Å². The van der Waals surface area contributed by atoms with E-state index in [4.69, 9.17) is 16.3 Å². The maximum Gasteiger partial charge on any atom is 0.409 e. The van der Waals surface area contributed by atoms with Crippen LogP contribution in [0.1, 0.15) is 42.2 Å². The summed E-state index contributed by atoms with van der Waals surface area (Å²) >= 11 is 5.96. The first-order valence-corrected chi connectivity index (χ1v) is 9.48. The van der Waals surface area contributed by atoms with Crippen molar-refractivity contribution < 1.29 is 14.3 Å². The van der Waals surface area contributed by atoms with Gasteiger partial charge in [0.1, 0.15) is 16.7 Å². The number of pyridine rings is 2. The average Bonchev–Trinajstić information content (AvgIpc) is 2.99. The number of aromatic nitrogens is 4. The Kier molecular flexibility index (Phi) is 5.22. The summed E-state index contributed by atoms with van der Waals surface area (Å²) in [7, 11) is 0. The number of nitrogens with zero attached hydrogens (tertiary/aromatic N) is 5. The zero-order chi connectivity index (χ0) is 20.4. The van der Waals surface area contributed by atoms with Crippen LogP contribution >= 0.6 is 11.6 Å². The summed E-state index contributed by atoms with van der Waals surface area (Å²) < 4.78 is 5.52. The molecule has 0 aromatic carbocycles. The molecule has 29 heavy (non-hydrogen) atoms. The quantitative estimate of drug-likeness (QED) is 0.505. The summed E-state index contributed by atoms with van der Waals surface area (Å²) in [6.07, 6.45) is 2.86. The zero-order valence-corrected chi connectivity index (χ0v) is 16.3. The number of nitrogens with one attached hydrogen (secondary N) is 1. The minimum Gasteiger partial charge on any atom is -0.419 e. The number of rotatable bonds is 5. The molecule has 0 aliphatic carbocycles. The van der Waals surface area contributed by atoms with Crippen LogP contribution in [0, 0.1) is 0 Å². The number of hydrogen-bond acceptors (Lipinski definition) is 7. The maximum absolute atomic E-state index is 13.0. The second kappa shape index (κ2) is 7.96. The van der Waals surface area contributed by atoms with Gasteiger partial charge >= 0.3 is 6.09 Å². The predicted molar refractivity (Wildman–Crippen MR) is 106 cm³/mol. The van der Waals surface area contributed by atoms with Gasteiger partial charge in [-0.1, -0.05) is 24.9 Å². The summed E-state index contributed by atoms with van der Waals surface area (Å²) in [6.45, 7) is 2.49. The third-order valence-corrected chi connectivity index (χ3v) is 4.60. The number of carbonyl (C=O) groups excluding carboxylic acids is 2. The van der Waals surface area contributed by atoms with E-state index in [-0.39, 0.29) is 22.4 Å². The molecule has 1 aliphatic heterocycles. The first-order chi connectivity index (χ1) is 14.1.